The van der Waals surface area contributed by atoms with Crippen LogP contribution in [0.1, 0.15) is 57.6 Å². The van der Waals surface area contributed by atoms with Crippen LogP contribution in [0.4, 0.5) is 10.6 Å². The quantitative estimate of drug-likeness (QED) is 0.675. The number of aromatic nitrogens is 2. The highest BCUT2D eigenvalue weighted by Crippen LogP contribution is 2.27. The van der Waals surface area contributed by atoms with Crippen molar-refractivity contribution in [1.82, 2.24) is 15.1 Å². The molecule has 0 aliphatic heterocycles. The zero-order valence-electron chi connectivity index (χ0n) is 14.3. The molecule has 2 unspecified atom stereocenters. The second kappa shape index (κ2) is 8.91. The molecule has 1 aliphatic carbocycles. The number of carbonyl (C=O) groups is 1. The predicted molar refractivity (Wildman–Crippen MR) is 91.4 cm³/mol. The summed E-state index contributed by atoms with van der Waals surface area (Å²) >= 11 is 0. The van der Waals surface area contributed by atoms with Gasteiger partial charge in [-0.15, -0.1) is 0 Å². The Morgan fingerprint density at radius 1 is 1.43 bits per heavy atom. The number of aryl methyl sites for hydroxylation is 2. The van der Waals surface area contributed by atoms with Crippen LogP contribution in [-0.4, -0.2) is 33.6 Å². The van der Waals surface area contributed by atoms with E-state index in [0.717, 1.165) is 50.6 Å². The molecule has 1 saturated carbocycles. The van der Waals surface area contributed by atoms with Gasteiger partial charge in [0.15, 0.2) is 0 Å². The number of carbonyl (C=O) groups excluding carboxylic acids is 1. The van der Waals surface area contributed by atoms with Crippen molar-refractivity contribution >= 4 is 11.8 Å². The largest absolute Gasteiger partial charge is 0.393 e. The van der Waals surface area contributed by atoms with E-state index in [0.29, 0.717) is 18.3 Å². The maximum atomic E-state index is 11.9. The van der Waals surface area contributed by atoms with Crippen molar-refractivity contribution in [3.8, 4) is 0 Å². The highest BCUT2D eigenvalue weighted by molar-refractivity contribution is 5.88. The molecule has 2 amide bonds. The number of hydrogen-bond donors (Lipinski definition) is 3. The number of hydrogen-bond acceptors (Lipinski definition) is 3. The van der Waals surface area contributed by atoms with Crippen molar-refractivity contribution in [1.29, 1.82) is 0 Å². The van der Waals surface area contributed by atoms with Gasteiger partial charge in [0.05, 0.1) is 11.8 Å². The third-order valence-corrected chi connectivity index (χ3v) is 4.58. The fourth-order valence-corrected chi connectivity index (χ4v) is 3.27. The van der Waals surface area contributed by atoms with Gasteiger partial charge in [0.1, 0.15) is 5.82 Å². The smallest absolute Gasteiger partial charge is 0.320 e. The molecule has 0 radical (unpaired) electrons. The van der Waals surface area contributed by atoms with Crippen molar-refractivity contribution in [3.63, 3.8) is 0 Å². The van der Waals surface area contributed by atoms with Crippen LogP contribution >= 0.6 is 0 Å². The maximum Gasteiger partial charge on any atom is 0.320 e. The van der Waals surface area contributed by atoms with Gasteiger partial charge in [-0.2, -0.15) is 5.10 Å². The van der Waals surface area contributed by atoms with Gasteiger partial charge in [-0.05, 0) is 38.0 Å². The first-order valence-electron chi connectivity index (χ1n) is 8.86. The third kappa shape index (κ3) is 5.53. The Labute approximate surface area is 138 Å². The molecule has 23 heavy (non-hydrogen) atoms. The minimum Gasteiger partial charge on any atom is -0.393 e. The number of urea groups is 1. The first-order valence-corrected chi connectivity index (χ1v) is 8.86. The average Bonchev–Trinajstić information content (AvgIpc) is 2.85. The Hall–Kier alpha value is -1.56. The Morgan fingerprint density at radius 3 is 2.96 bits per heavy atom. The summed E-state index contributed by atoms with van der Waals surface area (Å²) in [5, 5.41) is 20.0. The van der Waals surface area contributed by atoms with Gasteiger partial charge < -0.3 is 10.4 Å². The summed E-state index contributed by atoms with van der Waals surface area (Å²) < 4.78 is 1.70. The fraction of sp³-hybridized carbons (Fsp3) is 0.765. The van der Waals surface area contributed by atoms with E-state index in [2.05, 4.69) is 22.7 Å². The van der Waals surface area contributed by atoms with E-state index in [4.69, 9.17) is 0 Å². The molecule has 0 saturated heterocycles. The average molecular weight is 322 g/mol. The summed E-state index contributed by atoms with van der Waals surface area (Å²) in [6.07, 6.45) is 8.09. The first kappa shape index (κ1) is 17.8. The van der Waals surface area contributed by atoms with E-state index in [-0.39, 0.29) is 12.1 Å². The van der Waals surface area contributed by atoms with Crippen LogP contribution in [0.5, 0.6) is 0 Å². The van der Waals surface area contributed by atoms with E-state index in [9.17, 15) is 9.90 Å². The molecule has 0 aromatic carbocycles. The number of nitrogens with zero attached hydrogens (tertiary/aromatic N) is 2. The zero-order chi connectivity index (χ0) is 16.7. The standard InChI is InChI=1S/C17H30N4O2/c1-3-7-14-12-16(21(2)20-14)19-17(23)18-11-6-9-13-8-4-5-10-15(13)22/h12-13,15,22H,3-11H2,1-2H3,(H2,18,19,23). The lowest BCUT2D eigenvalue weighted by Crippen LogP contribution is -2.31. The van der Waals surface area contributed by atoms with E-state index >= 15 is 0 Å². The number of aliphatic hydroxyl groups excluding tert-OH is 1. The maximum absolute atomic E-state index is 11.9. The lowest BCUT2D eigenvalue weighted by atomic mass is 9.83. The third-order valence-electron chi connectivity index (χ3n) is 4.58. The number of amides is 2. The lowest BCUT2D eigenvalue weighted by molar-refractivity contribution is 0.0644. The molecule has 3 N–H and O–H groups in total. The van der Waals surface area contributed by atoms with Crippen LogP contribution in [0.3, 0.4) is 0 Å². The summed E-state index contributed by atoms with van der Waals surface area (Å²) in [6, 6.07) is 1.72. The van der Waals surface area contributed by atoms with E-state index < -0.39 is 0 Å². The monoisotopic (exact) mass is 322 g/mol. The topological polar surface area (TPSA) is 79.2 Å². The molecule has 2 rings (SSSR count). The molecule has 1 heterocycles. The summed E-state index contributed by atoms with van der Waals surface area (Å²) in [5.41, 5.74) is 0.997. The Kier molecular flexibility index (Phi) is 6.89. The van der Waals surface area contributed by atoms with Crippen LogP contribution in [0.2, 0.25) is 0 Å². The molecule has 2 atom stereocenters. The van der Waals surface area contributed by atoms with E-state index in [1.54, 1.807) is 4.68 Å². The van der Waals surface area contributed by atoms with Gasteiger partial charge in [0.25, 0.3) is 0 Å². The first-order chi connectivity index (χ1) is 11.1. The summed E-state index contributed by atoms with van der Waals surface area (Å²) in [5.74, 6) is 1.12. The molecule has 6 heteroatoms. The van der Waals surface area contributed by atoms with Crippen molar-refractivity contribution in [2.24, 2.45) is 13.0 Å². The molecule has 0 spiro atoms. The number of nitrogens with one attached hydrogen (secondary N) is 2. The normalized spacial score (nSPS) is 21.2. The van der Waals surface area contributed by atoms with Gasteiger partial charge in [-0.25, -0.2) is 4.79 Å². The van der Waals surface area contributed by atoms with Gasteiger partial charge in [0, 0.05) is 19.7 Å². The molecule has 0 bridgehead atoms. The minimum atomic E-state index is -0.194. The number of aliphatic hydroxyl groups is 1. The molecule has 6 nitrogen and oxygen atoms in total. The van der Waals surface area contributed by atoms with Gasteiger partial charge in [-0.3, -0.25) is 10.00 Å². The van der Waals surface area contributed by atoms with Crippen LogP contribution in [0.25, 0.3) is 0 Å². The fourth-order valence-electron chi connectivity index (χ4n) is 3.27. The Morgan fingerprint density at radius 2 is 2.22 bits per heavy atom. The highest BCUT2D eigenvalue weighted by Gasteiger charge is 2.22. The Bertz CT molecular complexity index is 501. The van der Waals surface area contributed by atoms with Crippen molar-refractivity contribution < 1.29 is 9.90 Å². The lowest BCUT2D eigenvalue weighted by Gasteiger charge is -2.27. The highest BCUT2D eigenvalue weighted by atomic mass is 16.3. The molecule has 1 fully saturated rings. The molecule has 130 valence electrons. The zero-order valence-corrected chi connectivity index (χ0v) is 14.3. The minimum absolute atomic E-state index is 0.149. The van der Waals surface area contributed by atoms with Crippen LogP contribution < -0.4 is 10.6 Å². The van der Waals surface area contributed by atoms with Crippen molar-refractivity contribution in [3.05, 3.63) is 11.8 Å². The molecular formula is C17H30N4O2. The summed E-state index contributed by atoms with van der Waals surface area (Å²) in [6.45, 7) is 2.74. The second-order valence-corrected chi connectivity index (χ2v) is 6.53. The van der Waals surface area contributed by atoms with Gasteiger partial charge >= 0.3 is 6.03 Å². The van der Waals surface area contributed by atoms with Crippen LogP contribution in [0, 0.1) is 5.92 Å². The van der Waals surface area contributed by atoms with E-state index in [1.807, 2.05) is 13.1 Å². The Balaban J connectivity index is 1.67. The SMILES string of the molecule is CCCc1cc(NC(=O)NCCCC2CCCCC2O)n(C)n1. The molecular weight excluding hydrogens is 292 g/mol. The number of anilines is 1. The second-order valence-electron chi connectivity index (χ2n) is 6.53. The van der Waals surface area contributed by atoms with Crippen molar-refractivity contribution in [2.75, 3.05) is 11.9 Å². The summed E-state index contributed by atoms with van der Waals surface area (Å²) in [7, 11) is 1.83. The van der Waals surface area contributed by atoms with Crippen molar-refractivity contribution in [2.45, 2.75) is 64.4 Å². The molecule has 1 aromatic rings. The van der Waals surface area contributed by atoms with Crippen LogP contribution in [0.15, 0.2) is 6.07 Å². The molecule has 1 aromatic heterocycles. The summed E-state index contributed by atoms with van der Waals surface area (Å²) in [4.78, 5) is 11.9. The van der Waals surface area contributed by atoms with Crippen LogP contribution in [-0.2, 0) is 13.5 Å². The van der Waals surface area contributed by atoms with Gasteiger partial charge in [-0.1, -0.05) is 26.2 Å². The van der Waals surface area contributed by atoms with E-state index in [1.165, 1.54) is 6.42 Å². The van der Waals surface area contributed by atoms with Gasteiger partial charge in [0.2, 0.25) is 0 Å². The predicted octanol–water partition coefficient (Wildman–Crippen LogP) is 2.83. The molecule has 1 aliphatic rings. The number of rotatable bonds is 7.